The third-order valence-corrected chi connectivity index (χ3v) is 3.48. The summed E-state index contributed by atoms with van der Waals surface area (Å²) in [5.74, 6) is -2.16. The second-order valence-electron chi connectivity index (χ2n) is 5.13. The smallest absolute Gasteiger partial charge is 0.311 e. The van der Waals surface area contributed by atoms with Crippen LogP contribution in [0.2, 0.25) is 0 Å². The highest BCUT2D eigenvalue weighted by Gasteiger charge is 2.25. The fourth-order valence-corrected chi connectivity index (χ4v) is 2.38. The van der Waals surface area contributed by atoms with Gasteiger partial charge in [-0.25, -0.2) is 0 Å². The molecule has 0 bridgehead atoms. The van der Waals surface area contributed by atoms with E-state index in [0.717, 1.165) is 38.5 Å². The molecule has 0 heterocycles. The Balaban J connectivity index is 4.47. The van der Waals surface area contributed by atoms with Crippen LogP contribution in [-0.4, -0.2) is 22.2 Å². The molecule has 2 atom stereocenters. The molecular weight excluding hydrogens is 256 g/mol. The van der Waals surface area contributed by atoms with Gasteiger partial charge in [-0.15, -0.1) is 5.73 Å². The van der Waals surface area contributed by atoms with Gasteiger partial charge in [-0.2, -0.15) is 0 Å². The van der Waals surface area contributed by atoms with E-state index in [1.807, 2.05) is 0 Å². The van der Waals surface area contributed by atoms with Crippen molar-refractivity contribution in [1.29, 1.82) is 0 Å². The third-order valence-electron chi connectivity index (χ3n) is 3.48. The molecule has 0 saturated carbocycles. The molecular formula is C16H26O4. The Labute approximate surface area is 121 Å². The van der Waals surface area contributed by atoms with Crippen LogP contribution in [0.3, 0.4) is 0 Å². The predicted octanol–water partition coefficient (Wildman–Crippen LogP) is 3.87. The van der Waals surface area contributed by atoms with E-state index >= 15 is 0 Å². The Kier molecular flexibility index (Phi) is 10.4. The Bertz CT molecular complexity index is 340. The Morgan fingerprint density at radius 1 is 1.15 bits per heavy atom. The number of unbranched alkanes of at least 4 members (excludes halogenated alkanes) is 3. The van der Waals surface area contributed by atoms with Crippen LogP contribution < -0.4 is 0 Å². The maximum Gasteiger partial charge on any atom is 0.311 e. The predicted molar refractivity (Wildman–Crippen MR) is 78.6 cm³/mol. The third kappa shape index (κ3) is 8.54. The summed E-state index contributed by atoms with van der Waals surface area (Å²) in [7, 11) is 0. The molecule has 0 rings (SSSR count). The van der Waals surface area contributed by atoms with E-state index in [2.05, 4.69) is 19.2 Å². The molecule has 0 saturated heterocycles. The van der Waals surface area contributed by atoms with Crippen LogP contribution in [0.15, 0.2) is 18.4 Å². The highest BCUT2D eigenvalue weighted by molar-refractivity contribution is 5.72. The summed E-state index contributed by atoms with van der Waals surface area (Å²) < 4.78 is 0. The van der Waals surface area contributed by atoms with E-state index in [4.69, 9.17) is 5.11 Å². The lowest BCUT2D eigenvalue weighted by Gasteiger charge is -2.21. The van der Waals surface area contributed by atoms with E-state index in [-0.39, 0.29) is 12.3 Å². The maximum absolute atomic E-state index is 11.3. The Morgan fingerprint density at radius 2 is 1.75 bits per heavy atom. The van der Waals surface area contributed by atoms with Crippen LogP contribution >= 0.6 is 0 Å². The van der Waals surface area contributed by atoms with E-state index in [1.54, 1.807) is 0 Å². The molecule has 2 unspecified atom stereocenters. The van der Waals surface area contributed by atoms with Crippen molar-refractivity contribution in [1.82, 2.24) is 0 Å². The molecule has 0 radical (unpaired) electrons. The Hall–Kier alpha value is -1.54. The standard InChI is InChI=1S/C16H26O4/c1-3-5-6-10-13(11-7-8-12-15(17)18)14(9-4-2)16(19)20/h9,13-14H,2-3,5-8,10-12H2,1H3,(H,17,18)(H,19,20). The summed E-state index contributed by atoms with van der Waals surface area (Å²) in [6.45, 7) is 5.57. The molecule has 0 aromatic heterocycles. The van der Waals surface area contributed by atoms with Gasteiger partial charge in [-0.05, 0) is 31.3 Å². The van der Waals surface area contributed by atoms with Gasteiger partial charge in [0.05, 0.1) is 5.92 Å². The summed E-state index contributed by atoms with van der Waals surface area (Å²) in [5.41, 5.74) is 2.58. The summed E-state index contributed by atoms with van der Waals surface area (Å²) >= 11 is 0. The van der Waals surface area contributed by atoms with Gasteiger partial charge in [0.2, 0.25) is 0 Å². The molecule has 114 valence electrons. The number of carboxylic acid groups (broad SMARTS) is 2. The number of carboxylic acids is 2. The van der Waals surface area contributed by atoms with Crippen molar-refractivity contribution >= 4 is 11.9 Å². The molecule has 0 aromatic rings. The first-order valence-electron chi connectivity index (χ1n) is 7.33. The molecule has 4 nitrogen and oxygen atoms in total. The summed E-state index contributed by atoms with van der Waals surface area (Å²) in [6.07, 6.45) is 7.82. The van der Waals surface area contributed by atoms with Crippen LogP contribution in [0.5, 0.6) is 0 Å². The first kappa shape index (κ1) is 18.5. The largest absolute Gasteiger partial charge is 0.481 e. The monoisotopic (exact) mass is 282 g/mol. The average Bonchev–Trinajstić information content (AvgIpc) is 2.38. The molecule has 0 amide bonds. The van der Waals surface area contributed by atoms with Crippen molar-refractivity contribution in [3.8, 4) is 0 Å². The number of hydrogen-bond donors (Lipinski definition) is 2. The normalized spacial score (nSPS) is 13.2. The van der Waals surface area contributed by atoms with E-state index in [9.17, 15) is 14.7 Å². The lowest BCUT2D eigenvalue weighted by Crippen LogP contribution is -2.22. The molecule has 0 fully saturated rings. The van der Waals surface area contributed by atoms with Gasteiger partial charge in [0, 0.05) is 6.42 Å². The van der Waals surface area contributed by atoms with Gasteiger partial charge in [0.15, 0.2) is 0 Å². The zero-order chi connectivity index (χ0) is 15.4. The van der Waals surface area contributed by atoms with Crippen LogP contribution in [0.1, 0.15) is 58.3 Å². The van der Waals surface area contributed by atoms with Gasteiger partial charge in [-0.1, -0.05) is 39.2 Å². The van der Waals surface area contributed by atoms with Crippen molar-refractivity contribution in [3.05, 3.63) is 18.4 Å². The topological polar surface area (TPSA) is 74.6 Å². The molecule has 4 heteroatoms. The zero-order valence-electron chi connectivity index (χ0n) is 12.3. The number of hydrogen-bond acceptors (Lipinski definition) is 2. The minimum Gasteiger partial charge on any atom is -0.481 e. The van der Waals surface area contributed by atoms with Crippen molar-refractivity contribution < 1.29 is 19.8 Å². The van der Waals surface area contributed by atoms with Crippen molar-refractivity contribution in [2.75, 3.05) is 0 Å². The molecule has 0 aliphatic heterocycles. The second-order valence-corrected chi connectivity index (χ2v) is 5.13. The zero-order valence-corrected chi connectivity index (χ0v) is 12.3. The van der Waals surface area contributed by atoms with Crippen LogP contribution in [0, 0.1) is 11.8 Å². The average molecular weight is 282 g/mol. The Morgan fingerprint density at radius 3 is 2.20 bits per heavy atom. The summed E-state index contributed by atoms with van der Waals surface area (Å²) in [4.78, 5) is 21.8. The number of carbonyl (C=O) groups is 2. The fraction of sp³-hybridized carbons (Fsp3) is 0.688. The fourth-order valence-electron chi connectivity index (χ4n) is 2.38. The SMILES string of the molecule is C=C=CC(C(=O)O)C(CCCCC)CCCCC(=O)O. The van der Waals surface area contributed by atoms with Gasteiger partial charge in [0.1, 0.15) is 0 Å². The quantitative estimate of drug-likeness (QED) is 0.421. The van der Waals surface area contributed by atoms with Crippen molar-refractivity contribution in [2.45, 2.75) is 58.3 Å². The minimum atomic E-state index is -0.846. The highest BCUT2D eigenvalue weighted by Crippen LogP contribution is 2.26. The molecule has 0 spiro atoms. The summed E-state index contributed by atoms with van der Waals surface area (Å²) in [6, 6.07) is 0. The van der Waals surface area contributed by atoms with E-state index < -0.39 is 17.9 Å². The van der Waals surface area contributed by atoms with Crippen molar-refractivity contribution in [3.63, 3.8) is 0 Å². The van der Waals surface area contributed by atoms with Gasteiger partial charge < -0.3 is 10.2 Å². The molecule has 2 N–H and O–H groups in total. The van der Waals surface area contributed by atoms with Crippen LogP contribution in [0.25, 0.3) is 0 Å². The second kappa shape index (κ2) is 11.3. The maximum atomic E-state index is 11.3. The number of aliphatic carboxylic acids is 2. The van der Waals surface area contributed by atoms with E-state index in [0.29, 0.717) is 6.42 Å². The lowest BCUT2D eigenvalue weighted by molar-refractivity contribution is -0.142. The molecule has 20 heavy (non-hydrogen) atoms. The first-order chi connectivity index (χ1) is 9.52. The first-order valence-corrected chi connectivity index (χ1v) is 7.33. The number of rotatable bonds is 12. The molecule has 0 aliphatic carbocycles. The summed E-state index contributed by atoms with van der Waals surface area (Å²) in [5, 5.41) is 17.9. The van der Waals surface area contributed by atoms with E-state index in [1.165, 1.54) is 6.08 Å². The highest BCUT2D eigenvalue weighted by atomic mass is 16.4. The van der Waals surface area contributed by atoms with Gasteiger partial charge in [0.25, 0.3) is 0 Å². The lowest BCUT2D eigenvalue weighted by atomic mass is 9.83. The molecule has 0 aromatic carbocycles. The van der Waals surface area contributed by atoms with Gasteiger partial charge in [-0.3, -0.25) is 9.59 Å². The van der Waals surface area contributed by atoms with Gasteiger partial charge >= 0.3 is 11.9 Å². The minimum absolute atomic E-state index is 0.0436. The van der Waals surface area contributed by atoms with Crippen molar-refractivity contribution in [2.24, 2.45) is 11.8 Å². The van der Waals surface area contributed by atoms with Crippen LogP contribution in [0.4, 0.5) is 0 Å². The van der Waals surface area contributed by atoms with Crippen LogP contribution in [-0.2, 0) is 9.59 Å². The molecule has 0 aliphatic rings.